The number of Topliss-reactive ketones (excluding diaryl/α,β-unsaturated/α-hetero) is 1. The van der Waals surface area contributed by atoms with Gasteiger partial charge in [-0.05, 0) is 44.0 Å². The fourth-order valence-corrected chi connectivity index (χ4v) is 3.48. The Morgan fingerprint density at radius 1 is 1.32 bits per heavy atom. The summed E-state index contributed by atoms with van der Waals surface area (Å²) in [7, 11) is -1.17. The number of carboxylic acid groups (broad SMARTS) is 1. The number of fused-ring (bicyclic) bond motifs is 1. The van der Waals surface area contributed by atoms with E-state index in [-0.39, 0.29) is 35.9 Å². The van der Waals surface area contributed by atoms with Crippen LogP contribution < -0.4 is 15.3 Å². The monoisotopic (exact) mass is 346 g/mol. The first kappa shape index (κ1) is 17.9. The molecule has 4 N–H and O–H groups in total. The number of aromatic carboxylic acids is 1. The van der Waals surface area contributed by atoms with Crippen LogP contribution in [0, 0.1) is 0 Å². The predicted molar refractivity (Wildman–Crippen MR) is 93.0 cm³/mol. The van der Waals surface area contributed by atoms with Gasteiger partial charge in [0.1, 0.15) is 11.5 Å². The number of ketones is 1. The first-order chi connectivity index (χ1) is 12.0. The van der Waals surface area contributed by atoms with Gasteiger partial charge in [0.25, 0.3) is 0 Å². The molecule has 25 heavy (non-hydrogen) atoms. The Kier molecular flexibility index (Phi) is 5.72. The van der Waals surface area contributed by atoms with Crippen molar-refractivity contribution >= 4 is 18.9 Å². The van der Waals surface area contributed by atoms with Crippen molar-refractivity contribution in [1.82, 2.24) is 10.6 Å². The van der Waals surface area contributed by atoms with Crippen LogP contribution in [0.1, 0.15) is 35.2 Å². The minimum atomic E-state index is -1.17. The third-order valence-electron chi connectivity index (χ3n) is 4.87. The van der Waals surface area contributed by atoms with E-state index < -0.39 is 13.1 Å². The number of piperidine rings is 1. The molecule has 1 saturated heterocycles. The van der Waals surface area contributed by atoms with E-state index in [1.165, 1.54) is 6.07 Å². The number of rotatable bonds is 6. The molecule has 134 valence electrons. The maximum absolute atomic E-state index is 12.2. The number of para-hydroxylation sites is 1. The van der Waals surface area contributed by atoms with Crippen molar-refractivity contribution in [2.45, 2.75) is 37.5 Å². The summed E-state index contributed by atoms with van der Waals surface area (Å²) in [5, 5.41) is 26.0. The van der Waals surface area contributed by atoms with Crippen molar-refractivity contribution < 1.29 is 24.4 Å². The molecule has 2 aliphatic rings. The molecule has 3 rings (SSSR count). The molecule has 2 aliphatic heterocycles. The summed E-state index contributed by atoms with van der Waals surface area (Å²) in [6.45, 7) is 2.21. The van der Waals surface area contributed by atoms with Gasteiger partial charge in [-0.25, -0.2) is 4.79 Å². The van der Waals surface area contributed by atoms with Gasteiger partial charge in [0.2, 0.25) is 0 Å². The van der Waals surface area contributed by atoms with E-state index in [4.69, 9.17) is 4.65 Å². The topological polar surface area (TPSA) is 108 Å². The lowest BCUT2D eigenvalue weighted by Crippen LogP contribution is -2.42. The SMILES string of the molecule is O=C(CNC1CCNCC1)C[C@H]1Cc2cccc(C(=O)O)c2OB1O. The van der Waals surface area contributed by atoms with Crippen molar-refractivity contribution in [2.24, 2.45) is 0 Å². The predicted octanol–water partition coefficient (Wildman–Crippen LogP) is 0.471. The molecule has 1 fully saturated rings. The number of nitrogens with one attached hydrogen (secondary N) is 2. The van der Waals surface area contributed by atoms with Crippen LogP contribution in [0.3, 0.4) is 0 Å². The molecule has 0 unspecified atom stereocenters. The quantitative estimate of drug-likeness (QED) is 0.555. The van der Waals surface area contributed by atoms with Crippen molar-refractivity contribution in [3.05, 3.63) is 29.3 Å². The minimum absolute atomic E-state index is 0.0315. The fourth-order valence-electron chi connectivity index (χ4n) is 3.48. The Bertz CT molecular complexity index is 648. The Morgan fingerprint density at radius 3 is 2.80 bits per heavy atom. The van der Waals surface area contributed by atoms with Crippen molar-refractivity contribution in [2.75, 3.05) is 19.6 Å². The van der Waals surface area contributed by atoms with E-state index in [2.05, 4.69) is 10.6 Å². The normalized spacial score (nSPS) is 20.7. The molecule has 1 atom stereocenters. The summed E-state index contributed by atoms with van der Waals surface area (Å²) >= 11 is 0. The summed E-state index contributed by atoms with van der Waals surface area (Å²) in [6.07, 6.45) is 2.65. The maximum atomic E-state index is 12.2. The highest BCUT2D eigenvalue weighted by atomic mass is 16.5. The molecule has 7 nitrogen and oxygen atoms in total. The average Bonchev–Trinajstić information content (AvgIpc) is 2.61. The van der Waals surface area contributed by atoms with Gasteiger partial charge in [-0.3, -0.25) is 4.79 Å². The Balaban J connectivity index is 1.57. The molecule has 0 bridgehead atoms. The van der Waals surface area contributed by atoms with Crippen LogP contribution in [-0.4, -0.2) is 54.7 Å². The second-order valence-electron chi connectivity index (χ2n) is 6.72. The number of hydrogen-bond donors (Lipinski definition) is 4. The summed E-state index contributed by atoms with van der Waals surface area (Å²) in [5.74, 6) is -1.22. The maximum Gasteiger partial charge on any atom is 0.526 e. The van der Waals surface area contributed by atoms with Crippen LogP contribution in [0.4, 0.5) is 0 Å². The number of hydrogen-bond acceptors (Lipinski definition) is 6. The van der Waals surface area contributed by atoms with Gasteiger partial charge in [0, 0.05) is 18.3 Å². The zero-order valence-corrected chi connectivity index (χ0v) is 14.0. The van der Waals surface area contributed by atoms with Gasteiger partial charge < -0.3 is 25.4 Å². The average molecular weight is 346 g/mol. The largest absolute Gasteiger partial charge is 0.535 e. The summed E-state index contributed by atoms with van der Waals surface area (Å²) in [6, 6.07) is 5.23. The van der Waals surface area contributed by atoms with Crippen molar-refractivity contribution in [1.29, 1.82) is 0 Å². The molecule has 1 aromatic rings. The number of carboxylic acids is 1. The van der Waals surface area contributed by atoms with Gasteiger partial charge in [-0.2, -0.15) is 0 Å². The highest BCUT2D eigenvalue weighted by Crippen LogP contribution is 2.36. The third kappa shape index (κ3) is 4.39. The Morgan fingerprint density at radius 2 is 2.08 bits per heavy atom. The van der Waals surface area contributed by atoms with Crippen molar-refractivity contribution in [3.8, 4) is 5.75 Å². The molecule has 2 heterocycles. The van der Waals surface area contributed by atoms with Gasteiger partial charge in [0.15, 0.2) is 0 Å². The zero-order valence-electron chi connectivity index (χ0n) is 14.0. The highest BCUT2D eigenvalue weighted by Gasteiger charge is 2.37. The molecular formula is C17H23BN2O5. The van der Waals surface area contributed by atoms with Crippen molar-refractivity contribution in [3.63, 3.8) is 0 Å². The summed E-state index contributed by atoms with van der Waals surface area (Å²) in [4.78, 5) is 23.5. The molecule has 0 aromatic heterocycles. The minimum Gasteiger partial charge on any atom is -0.535 e. The Hall–Kier alpha value is -1.90. The standard InChI is InChI=1S/C17H23BN2O5/c21-14(10-20-13-4-6-19-7-5-13)9-12-8-11-2-1-3-15(17(22)23)16(11)25-18(12)24/h1-3,12-13,19-20,24H,4-10H2,(H,22,23)/t12-/m1/s1. The summed E-state index contributed by atoms with van der Waals surface area (Å²) < 4.78 is 5.43. The molecule has 0 radical (unpaired) electrons. The zero-order chi connectivity index (χ0) is 17.8. The lowest BCUT2D eigenvalue weighted by Gasteiger charge is -2.28. The molecular weight excluding hydrogens is 323 g/mol. The van der Waals surface area contributed by atoms with E-state index in [0.717, 1.165) is 25.9 Å². The van der Waals surface area contributed by atoms with Gasteiger partial charge in [-0.1, -0.05) is 12.1 Å². The fraction of sp³-hybridized carbons (Fsp3) is 0.529. The van der Waals surface area contributed by atoms with Crippen LogP contribution in [0.5, 0.6) is 5.75 Å². The number of carbonyl (C=O) groups is 2. The highest BCUT2D eigenvalue weighted by molar-refractivity contribution is 6.47. The number of benzene rings is 1. The summed E-state index contributed by atoms with van der Waals surface area (Å²) in [5.41, 5.74) is 0.753. The molecule has 0 amide bonds. The lowest BCUT2D eigenvalue weighted by atomic mass is 9.64. The van der Waals surface area contributed by atoms with Crippen LogP contribution in [-0.2, 0) is 11.2 Å². The van der Waals surface area contributed by atoms with E-state index in [9.17, 15) is 19.7 Å². The van der Waals surface area contributed by atoms with Crippen LogP contribution in [0.25, 0.3) is 0 Å². The van der Waals surface area contributed by atoms with Gasteiger partial charge in [-0.15, -0.1) is 0 Å². The van der Waals surface area contributed by atoms with Crippen LogP contribution in [0.2, 0.25) is 5.82 Å². The molecule has 1 aromatic carbocycles. The van der Waals surface area contributed by atoms with E-state index in [1.54, 1.807) is 12.1 Å². The second kappa shape index (κ2) is 7.99. The van der Waals surface area contributed by atoms with E-state index in [1.807, 2.05) is 0 Å². The smallest absolute Gasteiger partial charge is 0.526 e. The number of carbonyl (C=O) groups excluding carboxylic acids is 1. The van der Waals surface area contributed by atoms with E-state index >= 15 is 0 Å². The van der Waals surface area contributed by atoms with E-state index in [0.29, 0.717) is 18.0 Å². The van der Waals surface area contributed by atoms with Crippen LogP contribution >= 0.6 is 0 Å². The first-order valence-corrected chi connectivity index (χ1v) is 8.70. The van der Waals surface area contributed by atoms with Crippen LogP contribution in [0.15, 0.2) is 18.2 Å². The molecule has 0 aliphatic carbocycles. The first-order valence-electron chi connectivity index (χ1n) is 8.70. The molecule has 8 heteroatoms. The molecule has 0 spiro atoms. The molecule has 0 saturated carbocycles. The van der Waals surface area contributed by atoms with Gasteiger partial charge >= 0.3 is 13.1 Å². The Labute approximate surface area is 146 Å². The second-order valence-corrected chi connectivity index (χ2v) is 6.72. The third-order valence-corrected chi connectivity index (χ3v) is 4.87. The van der Waals surface area contributed by atoms with Gasteiger partial charge in [0.05, 0.1) is 12.1 Å². The lowest BCUT2D eigenvalue weighted by molar-refractivity contribution is -0.118.